The molecule has 3 rings (SSSR count). The number of rotatable bonds is 7. The van der Waals surface area contributed by atoms with Gasteiger partial charge in [-0.25, -0.2) is 4.39 Å². The minimum atomic E-state index is -0.222. The van der Waals surface area contributed by atoms with Crippen LogP contribution in [-0.2, 0) is 18.3 Å². The van der Waals surface area contributed by atoms with E-state index in [2.05, 4.69) is 12.0 Å². The van der Waals surface area contributed by atoms with Crippen molar-refractivity contribution < 1.29 is 9.18 Å². The fraction of sp³-hybridized carbons (Fsp3) is 0.474. The van der Waals surface area contributed by atoms with Gasteiger partial charge in [0.05, 0.1) is 6.20 Å². The van der Waals surface area contributed by atoms with Crippen LogP contribution in [0.5, 0.6) is 0 Å². The number of carbonyl (C=O) groups is 1. The summed E-state index contributed by atoms with van der Waals surface area (Å²) in [6.07, 6.45) is 6.38. The number of benzene rings is 1. The van der Waals surface area contributed by atoms with Gasteiger partial charge in [0, 0.05) is 32.3 Å². The van der Waals surface area contributed by atoms with E-state index in [4.69, 9.17) is 0 Å². The second-order valence-corrected chi connectivity index (χ2v) is 6.60. The quantitative estimate of drug-likeness (QED) is 0.783. The van der Waals surface area contributed by atoms with Crippen LogP contribution in [0.2, 0.25) is 0 Å². The minimum Gasteiger partial charge on any atom is -0.342 e. The van der Waals surface area contributed by atoms with E-state index in [9.17, 15) is 9.18 Å². The van der Waals surface area contributed by atoms with Crippen molar-refractivity contribution in [2.24, 2.45) is 13.0 Å². The maximum Gasteiger partial charge on any atom is 0.226 e. The molecule has 1 amide bonds. The first-order chi connectivity index (χ1) is 11.6. The maximum absolute atomic E-state index is 13.3. The highest BCUT2D eigenvalue weighted by molar-refractivity contribution is 5.83. The lowest BCUT2D eigenvalue weighted by Gasteiger charge is -2.22. The van der Waals surface area contributed by atoms with Crippen molar-refractivity contribution in [2.45, 2.75) is 32.1 Å². The molecule has 0 bridgehead atoms. The summed E-state index contributed by atoms with van der Waals surface area (Å²) in [5, 5.41) is 4.19. The van der Waals surface area contributed by atoms with E-state index in [-0.39, 0.29) is 17.6 Å². The number of halogens is 1. The first kappa shape index (κ1) is 16.7. The minimum absolute atomic E-state index is 0.0771. The van der Waals surface area contributed by atoms with Crippen molar-refractivity contribution in [3.05, 3.63) is 53.6 Å². The van der Waals surface area contributed by atoms with Gasteiger partial charge in [0.15, 0.2) is 0 Å². The van der Waals surface area contributed by atoms with Crippen molar-refractivity contribution in [3.63, 3.8) is 0 Å². The van der Waals surface area contributed by atoms with E-state index >= 15 is 0 Å². The Morgan fingerprint density at radius 1 is 1.42 bits per heavy atom. The predicted octanol–water partition coefficient (Wildman–Crippen LogP) is 3.14. The van der Waals surface area contributed by atoms with Crippen LogP contribution >= 0.6 is 0 Å². The number of nitrogens with zero attached hydrogens (tertiary/aromatic N) is 3. The van der Waals surface area contributed by atoms with Crippen LogP contribution in [0, 0.1) is 11.7 Å². The van der Waals surface area contributed by atoms with Crippen LogP contribution in [0.3, 0.4) is 0 Å². The zero-order valence-electron chi connectivity index (χ0n) is 14.3. The first-order valence-electron chi connectivity index (χ1n) is 8.60. The number of carbonyl (C=O) groups excluding carboxylic acids is 1. The molecule has 2 aromatic rings. The fourth-order valence-corrected chi connectivity index (χ4v) is 3.26. The van der Waals surface area contributed by atoms with Crippen molar-refractivity contribution in [1.29, 1.82) is 0 Å². The summed E-state index contributed by atoms with van der Waals surface area (Å²) in [6.45, 7) is 3.48. The molecular weight excluding hydrogens is 305 g/mol. The first-order valence-corrected chi connectivity index (χ1v) is 8.60. The molecule has 4 nitrogen and oxygen atoms in total. The molecule has 1 aliphatic rings. The average Bonchev–Trinajstić information content (AvgIpc) is 3.25. The van der Waals surface area contributed by atoms with Crippen LogP contribution in [0.4, 0.5) is 4.39 Å². The van der Waals surface area contributed by atoms with Gasteiger partial charge >= 0.3 is 0 Å². The second-order valence-electron chi connectivity index (χ2n) is 6.60. The Bertz CT molecular complexity index is 712. The molecule has 128 valence electrons. The summed E-state index contributed by atoms with van der Waals surface area (Å²) in [5.74, 6) is 0.384. The summed E-state index contributed by atoms with van der Waals surface area (Å²) in [6, 6.07) is 6.62. The Kier molecular flexibility index (Phi) is 4.97. The Balaban J connectivity index is 1.60. The third-order valence-corrected chi connectivity index (χ3v) is 4.63. The zero-order chi connectivity index (χ0) is 17.1. The van der Waals surface area contributed by atoms with E-state index < -0.39 is 0 Å². The molecule has 0 N–H and O–H groups in total. The van der Waals surface area contributed by atoms with Crippen LogP contribution < -0.4 is 0 Å². The number of aromatic nitrogens is 2. The van der Waals surface area contributed by atoms with Crippen LogP contribution in [0.1, 0.15) is 36.8 Å². The lowest BCUT2D eigenvalue weighted by molar-refractivity contribution is -0.132. The molecule has 1 aromatic carbocycles. The molecule has 0 radical (unpaired) electrons. The molecule has 1 fully saturated rings. The largest absolute Gasteiger partial charge is 0.342 e. The highest BCUT2D eigenvalue weighted by atomic mass is 19.1. The number of aryl methyl sites for hydroxylation is 1. The molecule has 0 aliphatic heterocycles. The normalized spacial score (nSPS) is 19.3. The van der Waals surface area contributed by atoms with Gasteiger partial charge in [-0.15, -0.1) is 0 Å². The lowest BCUT2D eigenvalue weighted by atomic mass is 10.1. The molecule has 0 unspecified atom stereocenters. The van der Waals surface area contributed by atoms with Crippen molar-refractivity contribution in [2.75, 3.05) is 13.1 Å². The van der Waals surface area contributed by atoms with E-state index in [1.54, 1.807) is 16.8 Å². The van der Waals surface area contributed by atoms with E-state index in [1.165, 1.54) is 6.07 Å². The zero-order valence-corrected chi connectivity index (χ0v) is 14.3. The van der Waals surface area contributed by atoms with Crippen LogP contribution in [0.25, 0.3) is 0 Å². The molecule has 1 aromatic heterocycles. The Morgan fingerprint density at radius 2 is 2.25 bits per heavy atom. The fourth-order valence-electron chi connectivity index (χ4n) is 3.26. The van der Waals surface area contributed by atoms with Gasteiger partial charge in [0.1, 0.15) is 5.82 Å². The SMILES string of the molecule is CCCN(CCc1cccc(F)c1)C(=O)[C@@H]1C[C@H]1c1cnn(C)c1. The summed E-state index contributed by atoms with van der Waals surface area (Å²) < 4.78 is 15.1. The third-order valence-electron chi connectivity index (χ3n) is 4.63. The van der Waals surface area contributed by atoms with E-state index in [0.29, 0.717) is 18.9 Å². The molecule has 1 heterocycles. The molecule has 2 atom stereocenters. The smallest absolute Gasteiger partial charge is 0.226 e. The summed E-state index contributed by atoms with van der Waals surface area (Å²) in [4.78, 5) is 14.7. The van der Waals surface area contributed by atoms with Gasteiger partial charge in [-0.1, -0.05) is 19.1 Å². The van der Waals surface area contributed by atoms with Gasteiger partial charge in [0.2, 0.25) is 5.91 Å². The van der Waals surface area contributed by atoms with Crippen molar-refractivity contribution in [3.8, 4) is 0 Å². The summed E-state index contributed by atoms with van der Waals surface area (Å²) in [5.41, 5.74) is 2.08. The number of hydrogen-bond acceptors (Lipinski definition) is 2. The monoisotopic (exact) mass is 329 g/mol. The maximum atomic E-state index is 13.3. The molecule has 1 saturated carbocycles. The molecule has 0 spiro atoms. The molecule has 0 saturated heterocycles. The number of amides is 1. The molecule has 1 aliphatic carbocycles. The standard InChI is InChI=1S/C19H24FN3O/c1-3-8-23(9-7-14-5-4-6-16(20)10-14)19(24)18-11-17(18)15-12-21-22(2)13-15/h4-6,10,12-13,17-18H,3,7-9,11H2,1-2H3/t17-,18+/m0/s1. The van der Waals surface area contributed by atoms with Crippen molar-refractivity contribution in [1.82, 2.24) is 14.7 Å². The van der Waals surface area contributed by atoms with Crippen molar-refractivity contribution >= 4 is 5.91 Å². The summed E-state index contributed by atoms with van der Waals surface area (Å²) in [7, 11) is 1.89. The predicted molar refractivity (Wildman–Crippen MR) is 91.0 cm³/mol. The van der Waals surface area contributed by atoms with E-state index in [1.807, 2.05) is 30.4 Å². The second kappa shape index (κ2) is 7.16. The van der Waals surface area contributed by atoms with Gasteiger partial charge in [-0.3, -0.25) is 9.48 Å². The van der Waals surface area contributed by atoms with Gasteiger partial charge in [-0.2, -0.15) is 5.10 Å². The average molecular weight is 329 g/mol. The number of hydrogen-bond donors (Lipinski definition) is 0. The summed E-state index contributed by atoms with van der Waals surface area (Å²) >= 11 is 0. The Hall–Kier alpha value is -2.17. The topological polar surface area (TPSA) is 38.1 Å². The molecule has 5 heteroatoms. The highest BCUT2D eigenvalue weighted by Crippen LogP contribution is 2.48. The van der Waals surface area contributed by atoms with Gasteiger partial charge < -0.3 is 4.90 Å². The third kappa shape index (κ3) is 3.83. The molecular formula is C19H24FN3O. The van der Waals surface area contributed by atoms with E-state index in [0.717, 1.165) is 30.5 Å². The van der Waals surface area contributed by atoms with Gasteiger partial charge in [0.25, 0.3) is 0 Å². The van der Waals surface area contributed by atoms with Crippen LogP contribution in [0.15, 0.2) is 36.7 Å². The molecule has 24 heavy (non-hydrogen) atoms. The van der Waals surface area contributed by atoms with Crippen LogP contribution in [-0.4, -0.2) is 33.7 Å². The lowest BCUT2D eigenvalue weighted by Crippen LogP contribution is -2.35. The Morgan fingerprint density at radius 3 is 2.92 bits per heavy atom. The Labute approximate surface area is 142 Å². The highest BCUT2D eigenvalue weighted by Gasteiger charge is 2.46. The van der Waals surface area contributed by atoms with Gasteiger partial charge in [-0.05, 0) is 48.4 Å².